The first-order valence-corrected chi connectivity index (χ1v) is 7.36. The number of carbonyl (C=O) groups is 1. The summed E-state index contributed by atoms with van der Waals surface area (Å²) in [5.74, 6) is -0.232. The van der Waals surface area contributed by atoms with Crippen molar-refractivity contribution < 1.29 is 17.9 Å². The number of amides is 1. The van der Waals surface area contributed by atoms with E-state index in [0.717, 1.165) is 6.42 Å². The number of sulfonamides is 1. The van der Waals surface area contributed by atoms with Gasteiger partial charge in [-0.05, 0) is 31.5 Å². The molecule has 1 amide bonds. The van der Waals surface area contributed by atoms with Crippen LogP contribution in [0, 0.1) is 0 Å². The zero-order valence-electron chi connectivity index (χ0n) is 11.1. The lowest BCUT2D eigenvalue weighted by Crippen LogP contribution is -2.32. The highest BCUT2D eigenvalue weighted by atomic mass is 32.2. The van der Waals surface area contributed by atoms with Crippen LogP contribution in [0.1, 0.15) is 30.6 Å². The molecule has 0 bridgehead atoms. The van der Waals surface area contributed by atoms with Crippen molar-refractivity contribution in [3.63, 3.8) is 0 Å². The highest BCUT2D eigenvalue weighted by molar-refractivity contribution is 7.89. The Labute approximate surface area is 113 Å². The van der Waals surface area contributed by atoms with Gasteiger partial charge in [0.05, 0.1) is 7.11 Å². The number of benzene rings is 1. The molecule has 1 aromatic carbocycles. The van der Waals surface area contributed by atoms with Gasteiger partial charge in [0.15, 0.2) is 0 Å². The van der Waals surface area contributed by atoms with E-state index in [-0.39, 0.29) is 28.2 Å². The van der Waals surface area contributed by atoms with Crippen molar-refractivity contribution in [1.29, 1.82) is 0 Å². The molecule has 6 nitrogen and oxygen atoms in total. The van der Waals surface area contributed by atoms with Gasteiger partial charge in [-0.15, -0.1) is 0 Å². The summed E-state index contributed by atoms with van der Waals surface area (Å²) < 4.78 is 27.8. The van der Waals surface area contributed by atoms with Crippen molar-refractivity contribution in [2.75, 3.05) is 7.11 Å². The molecule has 106 valence electrons. The molecule has 0 saturated heterocycles. The van der Waals surface area contributed by atoms with Gasteiger partial charge in [-0.2, -0.15) is 0 Å². The van der Waals surface area contributed by atoms with Gasteiger partial charge in [0.25, 0.3) is 5.91 Å². The average molecular weight is 286 g/mol. The van der Waals surface area contributed by atoms with Crippen LogP contribution in [-0.4, -0.2) is 27.5 Å². The van der Waals surface area contributed by atoms with Crippen LogP contribution in [0.2, 0.25) is 0 Å². The molecule has 0 heterocycles. The van der Waals surface area contributed by atoms with Crippen molar-refractivity contribution >= 4 is 15.9 Å². The molecule has 0 unspecified atom stereocenters. The van der Waals surface area contributed by atoms with Crippen molar-refractivity contribution in [3.8, 4) is 5.75 Å². The van der Waals surface area contributed by atoms with Gasteiger partial charge in [0.2, 0.25) is 10.0 Å². The standard InChI is InChI=1S/C12H18N2O4S/c1-4-8(2)14-12(15)9-5-6-10(18-3)11(7-9)19(13,16)17/h5-8H,4H2,1-3H3,(H,14,15)(H2,13,16,17)/t8-/m1/s1. The largest absolute Gasteiger partial charge is 0.495 e. The molecule has 0 aliphatic heterocycles. The fourth-order valence-corrected chi connectivity index (χ4v) is 2.17. The molecule has 7 heteroatoms. The van der Waals surface area contributed by atoms with E-state index in [0.29, 0.717) is 0 Å². The number of nitrogens with two attached hydrogens (primary N) is 1. The van der Waals surface area contributed by atoms with E-state index in [4.69, 9.17) is 9.88 Å². The molecule has 0 spiro atoms. The molecular weight excluding hydrogens is 268 g/mol. The van der Waals surface area contributed by atoms with Gasteiger partial charge >= 0.3 is 0 Å². The van der Waals surface area contributed by atoms with Gasteiger partial charge in [-0.25, -0.2) is 13.6 Å². The molecule has 3 N–H and O–H groups in total. The third-order valence-corrected chi connectivity index (χ3v) is 3.65. The minimum absolute atomic E-state index is 0.00698. The molecule has 19 heavy (non-hydrogen) atoms. The fourth-order valence-electron chi connectivity index (χ4n) is 1.45. The normalized spacial score (nSPS) is 12.8. The van der Waals surface area contributed by atoms with Gasteiger partial charge in [-0.3, -0.25) is 4.79 Å². The highest BCUT2D eigenvalue weighted by Gasteiger charge is 2.18. The molecule has 1 atom stereocenters. The van der Waals surface area contributed by atoms with Gasteiger partial charge in [0, 0.05) is 11.6 Å². The summed E-state index contributed by atoms with van der Waals surface area (Å²) in [6, 6.07) is 4.12. The van der Waals surface area contributed by atoms with Crippen LogP contribution in [-0.2, 0) is 10.0 Å². The number of carbonyl (C=O) groups excluding carboxylic acids is 1. The van der Waals surface area contributed by atoms with Gasteiger partial charge in [-0.1, -0.05) is 6.92 Å². The summed E-state index contributed by atoms with van der Waals surface area (Å²) in [5, 5.41) is 7.84. The maximum Gasteiger partial charge on any atom is 0.251 e. The van der Waals surface area contributed by atoms with Crippen LogP contribution in [0.5, 0.6) is 5.75 Å². The van der Waals surface area contributed by atoms with Crippen LogP contribution in [0.4, 0.5) is 0 Å². The maximum atomic E-state index is 11.9. The van der Waals surface area contributed by atoms with Gasteiger partial charge in [0.1, 0.15) is 10.6 Å². The highest BCUT2D eigenvalue weighted by Crippen LogP contribution is 2.23. The Morgan fingerprint density at radius 1 is 1.47 bits per heavy atom. The SMILES string of the molecule is CC[C@@H](C)NC(=O)c1ccc(OC)c(S(N)(=O)=O)c1. The summed E-state index contributed by atoms with van der Waals surface area (Å²) in [6.45, 7) is 3.80. The van der Waals surface area contributed by atoms with Gasteiger partial charge < -0.3 is 10.1 Å². The van der Waals surface area contributed by atoms with Crippen molar-refractivity contribution in [1.82, 2.24) is 5.32 Å². The molecule has 0 aromatic heterocycles. The molecule has 0 radical (unpaired) electrons. The second-order valence-electron chi connectivity index (χ2n) is 4.19. The third kappa shape index (κ3) is 3.93. The predicted octanol–water partition coefficient (Wildman–Crippen LogP) is 0.871. The summed E-state index contributed by atoms with van der Waals surface area (Å²) >= 11 is 0. The van der Waals surface area contributed by atoms with E-state index in [1.165, 1.54) is 25.3 Å². The van der Waals surface area contributed by atoms with E-state index < -0.39 is 10.0 Å². The van der Waals surface area contributed by atoms with E-state index in [9.17, 15) is 13.2 Å². The summed E-state index contributed by atoms with van der Waals surface area (Å²) in [7, 11) is -2.60. The zero-order valence-corrected chi connectivity index (χ0v) is 12.0. The smallest absolute Gasteiger partial charge is 0.251 e. The molecule has 0 aliphatic carbocycles. The minimum atomic E-state index is -3.94. The number of hydrogen-bond donors (Lipinski definition) is 2. The molecular formula is C12H18N2O4S. The quantitative estimate of drug-likeness (QED) is 0.839. The van der Waals surface area contributed by atoms with E-state index in [1.54, 1.807) is 0 Å². The number of rotatable bonds is 5. The number of ether oxygens (including phenoxy) is 1. The fraction of sp³-hybridized carbons (Fsp3) is 0.417. The maximum absolute atomic E-state index is 11.9. The van der Waals surface area contributed by atoms with Crippen LogP contribution >= 0.6 is 0 Å². The van der Waals surface area contributed by atoms with Crippen molar-refractivity contribution in [2.45, 2.75) is 31.2 Å². The Kier molecular flexibility index (Phi) is 4.90. The van der Waals surface area contributed by atoms with E-state index >= 15 is 0 Å². The van der Waals surface area contributed by atoms with Crippen LogP contribution in [0.15, 0.2) is 23.1 Å². The Bertz CT molecular complexity index is 569. The topological polar surface area (TPSA) is 98.5 Å². The number of hydrogen-bond acceptors (Lipinski definition) is 4. The Balaban J connectivity index is 3.16. The molecule has 1 aromatic rings. The van der Waals surface area contributed by atoms with Crippen LogP contribution < -0.4 is 15.2 Å². The zero-order chi connectivity index (χ0) is 14.6. The molecule has 0 fully saturated rings. The predicted molar refractivity (Wildman–Crippen MR) is 71.6 cm³/mol. The number of nitrogens with one attached hydrogen (secondary N) is 1. The first-order valence-electron chi connectivity index (χ1n) is 5.81. The van der Waals surface area contributed by atoms with E-state index in [2.05, 4.69) is 5.32 Å². The lowest BCUT2D eigenvalue weighted by Gasteiger charge is -2.13. The van der Waals surface area contributed by atoms with Crippen LogP contribution in [0.25, 0.3) is 0 Å². The summed E-state index contributed by atoms with van der Waals surface area (Å²) in [6.07, 6.45) is 0.782. The average Bonchev–Trinajstić information content (AvgIpc) is 2.36. The Morgan fingerprint density at radius 3 is 2.58 bits per heavy atom. The summed E-state index contributed by atoms with van der Waals surface area (Å²) in [5.41, 5.74) is 0.227. The number of methoxy groups -OCH3 is 1. The van der Waals surface area contributed by atoms with Crippen molar-refractivity contribution in [2.24, 2.45) is 5.14 Å². The van der Waals surface area contributed by atoms with E-state index in [1.807, 2.05) is 13.8 Å². The van der Waals surface area contributed by atoms with Crippen molar-refractivity contribution in [3.05, 3.63) is 23.8 Å². The first kappa shape index (κ1) is 15.5. The second kappa shape index (κ2) is 6.03. The van der Waals surface area contributed by atoms with Crippen LogP contribution in [0.3, 0.4) is 0 Å². The minimum Gasteiger partial charge on any atom is -0.495 e. The monoisotopic (exact) mass is 286 g/mol. The summed E-state index contributed by atoms with van der Waals surface area (Å²) in [4.78, 5) is 11.7. The Morgan fingerprint density at radius 2 is 2.11 bits per heavy atom. The number of primary sulfonamides is 1. The lowest BCUT2D eigenvalue weighted by atomic mass is 10.2. The Hall–Kier alpha value is -1.60. The first-order chi connectivity index (χ1) is 8.79. The molecule has 1 rings (SSSR count). The molecule has 0 aliphatic rings. The third-order valence-electron chi connectivity index (χ3n) is 2.72. The molecule has 0 saturated carbocycles. The lowest BCUT2D eigenvalue weighted by molar-refractivity contribution is 0.0939. The second-order valence-corrected chi connectivity index (χ2v) is 5.72.